The lowest BCUT2D eigenvalue weighted by Crippen LogP contribution is -2.34. The minimum absolute atomic E-state index is 0. The second-order valence-corrected chi connectivity index (χ2v) is 4.74. The molecule has 18 heavy (non-hydrogen) atoms. The average Bonchev–Trinajstić information content (AvgIpc) is 2.13. The third-order valence-corrected chi connectivity index (χ3v) is 2.75. The van der Waals surface area contributed by atoms with Gasteiger partial charge in [-0.3, -0.25) is 9.79 Å². The molecule has 0 atom stereocenters. The summed E-state index contributed by atoms with van der Waals surface area (Å²) in [7, 11) is 0. The van der Waals surface area contributed by atoms with E-state index in [2.05, 4.69) is 10.3 Å². The van der Waals surface area contributed by atoms with Crippen LogP contribution in [0.25, 0.3) is 0 Å². The fraction of sp³-hybridized carbons (Fsp3) is 0.833. The summed E-state index contributed by atoms with van der Waals surface area (Å²) >= 11 is 0. The zero-order chi connectivity index (χ0) is 12.7. The highest BCUT2D eigenvalue weighted by Crippen LogP contribution is 2.26. The quantitative estimate of drug-likeness (QED) is 0.323. The number of hydrogen-bond acceptors (Lipinski definition) is 3. The largest absolute Gasteiger partial charge is 0.463 e. The molecule has 0 aromatic heterocycles. The lowest BCUT2D eigenvalue weighted by Gasteiger charge is -2.23. The molecule has 0 saturated heterocycles. The van der Waals surface area contributed by atoms with Crippen LogP contribution in [0.5, 0.6) is 0 Å². The van der Waals surface area contributed by atoms with Crippen LogP contribution < -0.4 is 11.1 Å². The van der Waals surface area contributed by atoms with Crippen molar-refractivity contribution in [2.24, 2.45) is 16.6 Å². The van der Waals surface area contributed by atoms with Gasteiger partial charge in [0.2, 0.25) is 0 Å². The molecule has 0 radical (unpaired) electrons. The highest BCUT2D eigenvalue weighted by atomic mass is 127. The second kappa shape index (κ2) is 9.41. The zero-order valence-electron chi connectivity index (χ0n) is 11.1. The summed E-state index contributed by atoms with van der Waals surface area (Å²) in [6, 6.07) is 0. The van der Waals surface area contributed by atoms with Crippen molar-refractivity contribution in [3.63, 3.8) is 0 Å². The predicted octanol–water partition coefficient (Wildman–Crippen LogP) is 1.65. The molecule has 0 amide bonds. The molecular weight excluding hydrogens is 345 g/mol. The van der Waals surface area contributed by atoms with Crippen molar-refractivity contribution < 1.29 is 9.53 Å². The van der Waals surface area contributed by atoms with Crippen molar-refractivity contribution in [1.29, 1.82) is 0 Å². The Labute approximate surface area is 126 Å². The van der Waals surface area contributed by atoms with E-state index in [1.54, 1.807) is 0 Å². The molecule has 0 heterocycles. The molecule has 0 aliphatic heterocycles. The number of carbonyl (C=O) groups is 1. The molecule has 3 N–H and O–H groups in total. The number of guanidine groups is 1. The van der Waals surface area contributed by atoms with E-state index in [9.17, 15) is 4.79 Å². The van der Waals surface area contributed by atoms with E-state index in [4.69, 9.17) is 10.5 Å². The first-order valence-electron chi connectivity index (χ1n) is 6.31. The summed E-state index contributed by atoms with van der Waals surface area (Å²) in [6.07, 6.45) is 4.09. The van der Waals surface area contributed by atoms with Gasteiger partial charge in [-0.1, -0.05) is 6.42 Å². The van der Waals surface area contributed by atoms with Crippen molar-refractivity contribution in [2.75, 3.05) is 13.1 Å². The number of carbonyl (C=O) groups excluding carboxylic acids is 1. The topological polar surface area (TPSA) is 76.7 Å². The fourth-order valence-electron chi connectivity index (χ4n) is 1.57. The maximum atomic E-state index is 11.2. The number of ether oxygens (including phenoxy) is 1. The molecule has 106 valence electrons. The zero-order valence-corrected chi connectivity index (χ0v) is 13.5. The maximum Gasteiger partial charge on any atom is 0.307 e. The SMILES string of the molecule is CC(C)OC(=O)CCNC(N)=NCC1CCC1.I. The van der Waals surface area contributed by atoms with Gasteiger partial charge in [0.15, 0.2) is 5.96 Å². The lowest BCUT2D eigenvalue weighted by atomic mass is 9.86. The van der Waals surface area contributed by atoms with Crippen LogP contribution in [-0.4, -0.2) is 31.1 Å². The fourth-order valence-corrected chi connectivity index (χ4v) is 1.57. The van der Waals surface area contributed by atoms with E-state index in [0.717, 1.165) is 6.54 Å². The number of hydrogen-bond donors (Lipinski definition) is 2. The Morgan fingerprint density at radius 3 is 2.67 bits per heavy atom. The molecule has 0 aromatic rings. The maximum absolute atomic E-state index is 11.2. The third-order valence-electron chi connectivity index (χ3n) is 2.75. The van der Waals surface area contributed by atoms with Gasteiger partial charge in [-0.15, -0.1) is 24.0 Å². The van der Waals surface area contributed by atoms with Gasteiger partial charge in [0, 0.05) is 13.1 Å². The Morgan fingerprint density at radius 1 is 1.50 bits per heavy atom. The highest BCUT2D eigenvalue weighted by molar-refractivity contribution is 14.0. The number of rotatable bonds is 6. The number of esters is 1. The first-order chi connectivity index (χ1) is 8.08. The van der Waals surface area contributed by atoms with E-state index in [1.165, 1.54) is 19.3 Å². The van der Waals surface area contributed by atoms with Crippen LogP contribution in [0.4, 0.5) is 0 Å². The second-order valence-electron chi connectivity index (χ2n) is 4.74. The minimum Gasteiger partial charge on any atom is -0.463 e. The molecule has 0 bridgehead atoms. The first-order valence-corrected chi connectivity index (χ1v) is 6.31. The van der Waals surface area contributed by atoms with Crippen LogP contribution in [0.2, 0.25) is 0 Å². The van der Waals surface area contributed by atoms with Gasteiger partial charge in [-0.05, 0) is 32.6 Å². The van der Waals surface area contributed by atoms with Crippen LogP contribution in [0.3, 0.4) is 0 Å². The molecule has 0 spiro atoms. The van der Waals surface area contributed by atoms with Gasteiger partial charge in [0.05, 0.1) is 12.5 Å². The smallest absolute Gasteiger partial charge is 0.307 e. The Morgan fingerprint density at radius 2 is 2.17 bits per heavy atom. The van der Waals surface area contributed by atoms with Crippen LogP contribution in [0.15, 0.2) is 4.99 Å². The Kier molecular flexibility index (Phi) is 9.13. The van der Waals surface area contributed by atoms with Crippen molar-refractivity contribution in [2.45, 2.75) is 45.6 Å². The van der Waals surface area contributed by atoms with E-state index in [1.807, 2.05) is 13.8 Å². The molecular formula is C12H24IN3O2. The first kappa shape index (κ1) is 17.5. The normalized spacial score (nSPS) is 15.8. The van der Waals surface area contributed by atoms with Gasteiger partial charge in [0.25, 0.3) is 0 Å². The van der Waals surface area contributed by atoms with Crippen LogP contribution in [0, 0.1) is 5.92 Å². The Hall–Kier alpha value is -0.530. The Bertz CT molecular complexity index is 278. The lowest BCUT2D eigenvalue weighted by molar-refractivity contribution is -0.147. The number of halogens is 1. The summed E-state index contributed by atoms with van der Waals surface area (Å²) < 4.78 is 5.00. The van der Waals surface area contributed by atoms with Gasteiger partial charge >= 0.3 is 5.97 Å². The summed E-state index contributed by atoms with van der Waals surface area (Å²) in [5.74, 6) is 0.926. The molecule has 0 aromatic carbocycles. The van der Waals surface area contributed by atoms with Crippen molar-refractivity contribution in [3.8, 4) is 0 Å². The molecule has 1 rings (SSSR count). The molecule has 1 fully saturated rings. The van der Waals surface area contributed by atoms with Crippen LogP contribution in [0.1, 0.15) is 39.5 Å². The van der Waals surface area contributed by atoms with E-state index < -0.39 is 0 Å². The van der Waals surface area contributed by atoms with Crippen molar-refractivity contribution in [1.82, 2.24) is 5.32 Å². The van der Waals surface area contributed by atoms with Gasteiger partial charge < -0.3 is 15.8 Å². The van der Waals surface area contributed by atoms with Crippen molar-refractivity contribution >= 4 is 35.9 Å². The molecule has 1 aliphatic rings. The molecule has 0 unspecified atom stereocenters. The van der Waals surface area contributed by atoms with E-state index >= 15 is 0 Å². The average molecular weight is 369 g/mol. The van der Waals surface area contributed by atoms with Gasteiger partial charge in [0.1, 0.15) is 0 Å². The van der Waals surface area contributed by atoms with Gasteiger partial charge in [-0.2, -0.15) is 0 Å². The minimum atomic E-state index is -0.209. The van der Waals surface area contributed by atoms with Gasteiger partial charge in [-0.25, -0.2) is 0 Å². The number of nitrogens with zero attached hydrogens (tertiary/aromatic N) is 1. The van der Waals surface area contributed by atoms with Crippen LogP contribution >= 0.6 is 24.0 Å². The summed E-state index contributed by atoms with van der Waals surface area (Å²) in [5, 5.41) is 2.92. The molecule has 5 nitrogen and oxygen atoms in total. The van der Waals surface area contributed by atoms with Crippen LogP contribution in [-0.2, 0) is 9.53 Å². The number of nitrogens with one attached hydrogen (secondary N) is 1. The highest BCUT2D eigenvalue weighted by Gasteiger charge is 2.16. The predicted molar refractivity (Wildman–Crippen MR) is 83.1 cm³/mol. The third kappa shape index (κ3) is 7.73. The molecule has 1 aliphatic carbocycles. The van der Waals surface area contributed by atoms with E-state index in [0.29, 0.717) is 24.8 Å². The monoisotopic (exact) mass is 369 g/mol. The molecule has 1 saturated carbocycles. The summed E-state index contributed by atoms with van der Waals surface area (Å²) in [6.45, 7) is 4.94. The Balaban J connectivity index is 0.00000289. The van der Waals surface area contributed by atoms with Crippen molar-refractivity contribution in [3.05, 3.63) is 0 Å². The number of nitrogens with two attached hydrogens (primary N) is 1. The van der Waals surface area contributed by atoms with E-state index in [-0.39, 0.29) is 36.0 Å². The molecule has 6 heteroatoms. The standard InChI is InChI=1S/C12H23N3O2.HI/c1-9(2)17-11(16)6-7-14-12(13)15-8-10-4-3-5-10;/h9-10H,3-8H2,1-2H3,(H3,13,14,15);1H. The summed E-state index contributed by atoms with van der Waals surface area (Å²) in [4.78, 5) is 15.4. The number of aliphatic imine (C=N–C) groups is 1. The summed E-state index contributed by atoms with van der Waals surface area (Å²) in [5.41, 5.74) is 5.68.